The van der Waals surface area contributed by atoms with Gasteiger partial charge in [0.15, 0.2) is 0 Å². The molecule has 4 aliphatic rings. The molecule has 0 unspecified atom stereocenters. The highest BCUT2D eigenvalue weighted by atomic mass is 35.5. The van der Waals surface area contributed by atoms with Gasteiger partial charge in [0, 0.05) is 16.0 Å². The number of fused-ring (bicyclic) bond motifs is 4. The number of imide groups is 2. The maximum absolute atomic E-state index is 15.2. The standard InChI is InChI=1S/C39H30Cl2N2O5/c1-21-10-13-26(19-32(21)41)42-35(45)29-17-16-28-30(33(29)37(42)47)20-31-36(46)43(25-9-5-8-24(40)18-25)38(48)39(31,23-6-3-2-4-7-23)34(28)22-11-14-27(44)15-12-22/h2-16,18-19,29-31,33-34,44H,17,20H2,1H3/t29-,30+,31-,33-,34-,39+/m0/s1. The van der Waals surface area contributed by atoms with Crippen LogP contribution in [-0.4, -0.2) is 28.7 Å². The Balaban J connectivity index is 1.33. The van der Waals surface area contributed by atoms with Gasteiger partial charge in [-0.15, -0.1) is 0 Å². The van der Waals surface area contributed by atoms with Crippen molar-refractivity contribution in [2.45, 2.75) is 31.1 Å². The summed E-state index contributed by atoms with van der Waals surface area (Å²) in [6, 6.07) is 27.9. The summed E-state index contributed by atoms with van der Waals surface area (Å²) in [6.45, 7) is 1.85. The van der Waals surface area contributed by atoms with Crippen LogP contribution in [0.1, 0.15) is 35.4 Å². The molecular weight excluding hydrogens is 647 g/mol. The molecule has 2 heterocycles. The first-order valence-electron chi connectivity index (χ1n) is 15.9. The molecule has 2 aliphatic carbocycles. The minimum absolute atomic E-state index is 0.0625. The van der Waals surface area contributed by atoms with Gasteiger partial charge in [0.05, 0.1) is 34.5 Å². The van der Waals surface area contributed by atoms with E-state index in [1.165, 1.54) is 9.80 Å². The molecule has 0 radical (unpaired) electrons. The van der Waals surface area contributed by atoms with E-state index in [-0.39, 0.29) is 35.8 Å². The van der Waals surface area contributed by atoms with E-state index in [1.54, 1.807) is 66.7 Å². The van der Waals surface area contributed by atoms with Gasteiger partial charge in [0.1, 0.15) is 5.75 Å². The summed E-state index contributed by atoms with van der Waals surface area (Å²) < 4.78 is 0. The molecular formula is C39H30Cl2N2O5. The third-order valence-electron chi connectivity index (χ3n) is 10.8. The Labute approximate surface area is 287 Å². The zero-order chi connectivity index (χ0) is 33.5. The number of allylic oxidation sites excluding steroid dienone is 2. The Morgan fingerprint density at radius 2 is 1.48 bits per heavy atom. The first kappa shape index (κ1) is 30.6. The van der Waals surface area contributed by atoms with Crippen LogP contribution in [0.25, 0.3) is 0 Å². The molecule has 2 saturated heterocycles. The number of benzene rings is 4. The third-order valence-corrected chi connectivity index (χ3v) is 11.4. The van der Waals surface area contributed by atoms with E-state index < -0.39 is 35.0 Å². The van der Waals surface area contributed by atoms with Gasteiger partial charge in [-0.1, -0.05) is 89.4 Å². The summed E-state index contributed by atoms with van der Waals surface area (Å²) in [7, 11) is 0. The van der Waals surface area contributed by atoms with Crippen molar-refractivity contribution < 1.29 is 24.3 Å². The van der Waals surface area contributed by atoms with E-state index in [1.807, 2.05) is 43.3 Å². The smallest absolute Gasteiger partial charge is 0.246 e. The van der Waals surface area contributed by atoms with Crippen molar-refractivity contribution >= 4 is 58.2 Å². The maximum Gasteiger partial charge on any atom is 0.246 e. The number of carbonyl (C=O) groups is 4. The fraction of sp³-hybridized carbons (Fsp3) is 0.231. The molecule has 8 rings (SSSR count). The molecule has 6 atom stereocenters. The highest BCUT2D eigenvalue weighted by molar-refractivity contribution is 6.33. The lowest BCUT2D eigenvalue weighted by Gasteiger charge is -2.50. The molecule has 2 aliphatic heterocycles. The maximum atomic E-state index is 15.2. The molecule has 3 fully saturated rings. The number of phenolic OH excluding ortho intramolecular Hbond substituents is 1. The lowest BCUT2D eigenvalue weighted by Crippen LogP contribution is -2.53. The SMILES string of the molecule is Cc1ccc(N2C(=O)[C@H]3[C@H](CC=C4[C@H]3C[C@H]3C(=O)N(c5cccc(Cl)c5)C(=O)[C@@]3(c3ccccc3)[C@H]4c3ccc(O)cc3)C2=O)cc1Cl. The van der Waals surface area contributed by atoms with Crippen molar-refractivity contribution in [1.29, 1.82) is 0 Å². The monoisotopic (exact) mass is 676 g/mol. The summed E-state index contributed by atoms with van der Waals surface area (Å²) in [5.74, 6) is -4.70. The second-order valence-electron chi connectivity index (χ2n) is 13.1. The fourth-order valence-electron chi connectivity index (χ4n) is 8.76. The summed E-state index contributed by atoms with van der Waals surface area (Å²) in [4.78, 5) is 60.8. The minimum atomic E-state index is -1.37. The average molecular weight is 678 g/mol. The normalized spacial score (nSPS) is 27.9. The number of carbonyl (C=O) groups excluding carboxylic acids is 4. The quantitative estimate of drug-likeness (QED) is 0.180. The van der Waals surface area contributed by atoms with Crippen molar-refractivity contribution in [1.82, 2.24) is 0 Å². The van der Waals surface area contributed by atoms with E-state index in [4.69, 9.17) is 23.2 Å². The number of hydrogen-bond donors (Lipinski definition) is 1. The molecule has 1 saturated carbocycles. The van der Waals surface area contributed by atoms with Gasteiger partial charge in [-0.05, 0) is 84.8 Å². The number of hydrogen-bond acceptors (Lipinski definition) is 5. The van der Waals surface area contributed by atoms with Gasteiger partial charge in [0.25, 0.3) is 0 Å². The largest absolute Gasteiger partial charge is 0.508 e. The van der Waals surface area contributed by atoms with E-state index in [0.29, 0.717) is 33.4 Å². The summed E-state index contributed by atoms with van der Waals surface area (Å²) in [6.07, 6.45) is 2.52. The molecule has 4 aromatic rings. The van der Waals surface area contributed by atoms with Crippen LogP contribution < -0.4 is 9.80 Å². The zero-order valence-corrected chi connectivity index (χ0v) is 27.4. The molecule has 0 bridgehead atoms. The molecule has 1 N–H and O–H groups in total. The molecule has 4 aromatic carbocycles. The second kappa shape index (κ2) is 11.2. The molecule has 0 spiro atoms. The molecule has 9 heteroatoms. The topological polar surface area (TPSA) is 95.0 Å². The highest BCUT2D eigenvalue weighted by Gasteiger charge is 2.70. The Bertz CT molecular complexity index is 2060. The van der Waals surface area contributed by atoms with Crippen LogP contribution in [0.4, 0.5) is 11.4 Å². The first-order chi connectivity index (χ1) is 23.1. The van der Waals surface area contributed by atoms with Crippen LogP contribution in [0.5, 0.6) is 5.75 Å². The average Bonchev–Trinajstić information content (AvgIpc) is 3.47. The predicted octanol–water partition coefficient (Wildman–Crippen LogP) is 7.37. The van der Waals surface area contributed by atoms with E-state index in [2.05, 4.69) is 0 Å². The van der Waals surface area contributed by atoms with Crippen molar-refractivity contribution in [3.63, 3.8) is 0 Å². The van der Waals surface area contributed by atoms with Crippen molar-refractivity contribution in [3.8, 4) is 5.75 Å². The van der Waals surface area contributed by atoms with Crippen LogP contribution >= 0.6 is 23.2 Å². The van der Waals surface area contributed by atoms with Gasteiger partial charge in [-0.2, -0.15) is 0 Å². The molecule has 0 aromatic heterocycles. The van der Waals surface area contributed by atoms with Crippen LogP contribution in [-0.2, 0) is 24.6 Å². The summed E-state index contributed by atoms with van der Waals surface area (Å²) >= 11 is 12.8. The number of aromatic hydroxyl groups is 1. The number of phenols is 1. The Hall–Kier alpha value is -4.72. The Morgan fingerprint density at radius 1 is 0.750 bits per heavy atom. The van der Waals surface area contributed by atoms with Crippen molar-refractivity contribution in [3.05, 3.63) is 135 Å². The van der Waals surface area contributed by atoms with Gasteiger partial charge >= 0.3 is 0 Å². The lowest BCUT2D eigenvalue weighted by molar-refractivity contribution is -0.127. The number of rotatable bonds is 4. The molecule has 7 nitrogen and oxygen atoms in total. The number of aryl methyl sites for hydroxylation is 1. The predicted molar refractivity (Wildman–Crippen MR) is 183 cm³/mol. The van der Waals surface area contributed by atoms with Crippen LogP contribution in [0.15, 0.2) is 109 Å². The number of nitrogens with zero attached hydrogens (tertiary/aromatic N) is 2. The van der Waals surface area contributed by atoms with Gasteiger partial charge in [-0.25, -0.2) is 9.80 Å². The van der Waals surface area contributed by atoms with E-state index >= 15 is 4.79 Å². The first-order valence-corrected chi connectivity index (χ1v) is 16.7. The molecule has 48 heavy (non-hydrogen) atoms. The summed E-state index contributed by atoms with van der Waals surface area (Å²) in [5, 5.41) is 11.1. The zero-order valence-electron chi connectivity index (χ0n) is 25.8. The number of anilines is 2. The van der Waals surface area contributed by atoms with E-state index in [0.717, 1.165) is 16.7 Å². The second-order valence-corrected chi connectivity index (χ2v) is 14.0. The number of amides is 4. The minimum Gasteiger partial charge on any atom is -0.508 e. The number of halogens is 2. The fourth-order valence-corrected chi connectivity index (χ4v) is 9.12. The van der Waals surface area contributed by atoms with Crippen molar-refractivity contribution in [2.24, 2.45) is 23.7 Å². The third kappa shape index (κ3) is 4.27. The van der Waals surface area contributed by atoms with Crippen LogP contribution in [0, 0.1) is 30.6 Å². The van der Waals surface area contributed by atoms with Crippen LogP contribution in [0.3, 0.4) is 0 Å². The Kier molecular flexibility index (Phi) is 7.13. The van der Waals surface area contributed by atoms with Gasteiger partial charge in [0.2, 0.25) is 23.6 Å². The van der Waals surface area contributed by atoms with E-state index in [9.17, 15) is 19.5 Å². The molecule has 240 valence electrons. The molecule has 4 amide bonds. The van der Waals surface area contributed by atoms with Gasteiger partial charge in [-0.3, -0.25) is 19.2 Å². The lowest BCUT2D eigenvalue weighted by atomic mass is 9.49. The van der Waals surface area contributed by atoms with Crippen molar-refractivity contribution in [2.75, 3.05) is 9.80 Å². The highest BCUT2D eigenvalue weighted by Crippen LogP contribution is 2.64. The summed E-state index contributed by atoms with van der Waals surface area (Å²) in [5.41, 5.74) is 2.50. The van der Waals surface area contributed by atoms with Gasteiger partial charge < -0.3 is 5.11 Å². The Morgan fingerprint density at radius 3 is 2.19 bits per heavy atom. The van der Waals surface area contributed by atoms with Crippen LogP contribution in [0.2, 0.25) is 10.0 Å².